The predicted molar refractivity (Wildman–Crippen MR) is 61.5 cm³/mol. The van der Waals surface area contributed by atoms with Gasteiger partial charge in [-0.3, -0.25) is 9.63 Å². The van der Waals surface area contributed by atoms with Gasteiger partial charge >= 0.3 is 0 Å². The van der Waals surface area contributed by atoms with Gasteiger partial charge in [-0.2, -0.15) is 0 Å². The third kappa shape index (κ3) is 2.37. The van der Waals surface area contributed by atoms with Crippen LogP contribution in [0.15, 0.2) is 12.1 Å². The van der Waals surface area contributed by atoms with E-state index in [9.17, 15) is 4.79 Å². The Hall–Kier alpha value is -1.46. The normalized spacial score (nSPS) is 10.0. The molecule has 0 aliphatic carbocycles. The molecule has 0 atom stereocenters. The number of hydrogen-bond donors (Lipinski definition) is 1. The third-order valence-corrected chi connectivity index (χ3v) is 2.44. The second-order valence-electron chi connectivity index (χ2n) is 3.06. The number of methoxy groups -OCH3 is 1. The van der Waals surface area contributed by atoms with Crippen molar-refractivity contribution in [3.8, 4) is 5.75 Å². The Morgan fingerprint density at radius 2 is 2.06 bits per heavy atom. The molecule has 0 heterocycles. The van der Waals surface area contributed by atoms with Crippen LogP contribution in [0.1, 0.15) is 10.4 Å². The summed E-state index contributed by atoms with van der Waals surface area (Å²) in [7, 11) is 4.33. The first-order valence-corrected chi connectivity index (χ1v) is 4.84. The molecule has 0 spiro atoms. The minimum Gasteiger partial charge on any atom is -0.496 e. The number of hydrogen-bond acceptors (Lipinski definition) is 4. The Balaban J connectivity index is 3.21. The zero-order valence-corrected chi connectivity index (χ0v) is 10.0. The van der Waals surface area contributed by atoms with E-state index in [4.69, 9.17) is 26.9 Å². The largest absolute Gasteiger partial charge is 0.496 e. The minimum atomic E-state index is -0.360. The minimum absolute atomic E-state index is 0.297. The van der Waals surface area contributed by atoms with Crippen molar-refractivity contribution in [3.05, 3.63) is 22.7 Å². The zero-order chi connectivity index (χ0) is 12.3. The summed E-state index contributed by atoms with van der Waals surface area (Å²) in [6.45, 7) is 0. The number of halogens is 1. The summed E-state index contributed by atoms with van der Waals surface area (Å²) < 4.78 is 5.06. The summed E-state index contributed by atoms with van der Waals surface area (Å²) in [4.78, 5) is 16.6. The molecule has 0 aromatic heterocycles. The Morgan fingerprint density at radius 1 is 1.44 bits per heavy atom. The van der Waals surface area contributed by atoms with Gasteiger partial charge in [0.05, 0.1) is 30.5 Å². The molecule has 0 aliphatic rings. The maximum Gasteiger partial charge on any atom is 0.280 e. The Bertz CT molecular complexity index is 409. The van der Waals surface area contributed by atoms with Crippen molar-refractivity contribution in [3.63, 3.8) is 0 Å². The molecule has 1 aromatic carbocycles. The molecule has 0 unspecified atom stereocenters. The summed E-state index contributed by atoms with van der Waals surface area (Å²) in [6, 6.07) is 2.95. The molecule has 2 N–H and O–H groups in total. The Kier molecular flexibility index (Phi) is 3.98. The number of nitrogen functional groups attached to an aromatic ring is 1. The molecule has 0 aliphatic heterocycles. The summed E-state index contributed by atoms with van der Waals surface area (Å²) in [5, 5.41) is 1.37. The van der Waals surface area contributed by atoms with Crippen LogP contribution in [0.2, 0.25) is 5.02 Å². The van der Waals surface area contributed by atoms with E-state index < -0.39 is 0 Å². The average molecular weight is 245 g/mol. The van der Waals surface area contributed by atoms with Crippen molar-refractivity contribution in [2.75, 3.05) is 27.0 Å². The van der Waals surface area contributed by atoms with Crippen molar-refractivity contribution in [1.82, 2.24) is 5.06 Å². The van der Waals surface area contributed by atoms with Gasteiger partial charge in [0.25, 0.3) is 5.91 Å². The van der Waals surface area contributed by atoms with Crippen LogP contribution in [0, 0.1) is 0 Å². The molecule has 88 valence electrons. The number of hydroxylamine groups is 2. The maximum absolute atomic E-state index is 11.8. The summed E-state index contributed by atoms with van der Waals surface area (Å²) >= 11 is 5.84. The lowest BCUT2D eigenvalue weighted by molar-refractivity contribution is -0.0758. The number of nitrogens with two attached hydrogens (primary N) is 1. The van der Waals surface area contributed by atoms with E-state index in [0.717, 1.165) is 5.06 Å². The number of carbonyl (C=O) groups is 1. The summed E-state index contributed by atoms with van der Waals surface area (Å²) in [5.74, 6) is -0.00273. The molecule has 1 amide bonds. The molecule has 0 saturated heterocycles. The topological polar surface area (TPSA) is 64.8 Å². The highest BCUT2D eigenvalue weighted by Gasteiger charge is 2.18. The van der Waals surface area contributed by atoms with E-state index in [1.807, 2.05) is 0 Å². The van der Waals surface area contributed by atoms with Gasteiger partial charge in [-0.05, 0) is 6.07 Å². The smallest absolute Gasteiger partial charge is 0.280 e. The van der Waals surface area contributed by atoms with Gasteiger partial charge < -0.3 is 10.5 Å². The van der Waals surface area contributed by atoms with Crippen LogP contribution in [0.5, 0.6) is 5.75 Å². The zero-order valence-electron chi connectivity index (χ0n) is 9.28. The first kappa shape index (κ1) is 12.6. The molecule has 5 nitrogen and oxygen atoms in total. The fourth-order valence-electron chi connectivity index (χ4n) is 1.16. The monoisotopic (exact) mass is 244 g/mol. The van der Waals surface area contributed by atoms with Crippen molar-refractivity contribution < 1.29 is 14.4 Å². The average Bonchev–Trinajstić information content (AvgIpc) is 2.30. The molecule has 0 saturated carbocycles. The van der Waals surface area contributed by atoms with Gasteiger partial charge in [0.1, 0.15) is 5.75 Å². The van der Waals surface area contributed by atoms with Crippen LogP contribution in [0.25, 0.3) is 0 Å². The number of benzene rings is 1. The first-order chi connectivity index (χ1) is 7.51. The standard InChI is InChI=1S/C10H13ClN2O3/c1-13(16-3)10(14)6-4-7(11)8(12)5-9(6)15-2/h4-5H,12H2,1-3H3. The van der Waals surface area contributed by atoms with Crippen LogP contribution in [0.3, 0.4) is 0 Å². The summed E-state index contributed by atoms with van der Waals surface area (Å²) in [6.07, 6.45) is 0. The van der Waals surface area contributed by atoms with Crippen LogP contribution in [-0.2, 0) is 4.84 Å². The van der Waals surface area contributed by atoms with Crippen LogP contribution >= 0.6 is 11.6 Å². The second kappa shape index (κ2) is 5.05. The highest BCUT2D eigenvalue weighted by atomic mass is 35.5. The molecule has 0 fully saturated rings. The number of carbonyl (C=O) groups excluding carboxylic acids is 1. The number of rotatable bonds is 3. The molecular formula is C10H13ClN2O3. The van der Waals surface area contributed by atoms with Crippen LogP contribution < -0.4 is 10.5 Å². The lowest BCUT2D eigenvalue weighted by Gasteiger charge is -2.16. The number of ether oxygens (including phenoxy) is 1. The second-order valence-corrected chi connectivity index (χ2v) is 3.47. The molecule has 1 rings (SSSR count). The van der Waals surface area contributed by atoms with E-state index in [-0.39, 0.29) is 5.91 Å². The fourth-order valence-corrected chi connectivity index (χ4v) is 1.32. The van der Waals surface area contributed by atoms with E-state index in [1.165, 1.54) is 33.4 Å². The lowest BCUT2D eigenvalue weighted by atomic mass is 10.1. The SMILES string of the molecule is COc1cc(N)c(Cl)cc1C(=O)N(C)OC. The van der Waals surface area contributed by atoms with E-state index >= 15 is 0 Å². The highest BCUT2D eigenvalue weighted by Crippen LogP contribution is 2.29. The number of anilines is 1. The molecule has 0 bridgehead atoms. The van der Waals surface area contributed by atoms with E-state index in [2.05, 4.69) is 0 Å². The number of amides is 1. The summed E-state index contributed by atoms with van der Waals surface area (Å²) in [5.41, 5.74) is 6.26. The maximum atomic E-state index is 11.8. The fraction of sp³-hybridized carbons (Fsp3) is 0.300. The van der Waals surface area contributed by atoms with E-state index in [1.54, 1.807) is 0 Å². The Morgan fingerprint density at radius 3 is 2.56 bits per heavy atom. The molecule has 6 heteroatoms. The van der Waals surface area contributed by atoms with Gasteiger partial charge in [0.15, 0.2) is 0 Å². The first-order valence-electron chi connectivity index (χ1n) is 4.46. The van der Waals surface area contributed by atoms with Crippen LogP contribution in [-0.4, -0.2) is 32.2 Å². The Labute approximate surface area is 98.6 Å². The van der Waals surface area contributed by atoms with Crippen molar-refractivity contribution >= 4 is 23.2 Å². The van der Waals surface area contributed by atoms with Crippen molar-refractivity contribution in [1.29, 1.82) is 0 Å². The van der Waals surface area contributed by atoms with Crippen molar-refractivity contribution in [2.45, 2.75) is 0 Å². The van der Waals surface area contributed by atoms with Crippen LogP contribution in [0.4, 0.5) is 5.69 Å². The van der Waals surface area contributed by atoms with Gasteiger partial charge in [-0.25, -0.2) is 5.06 Å². The third-order valence-electron chi connectivity index (χ3n) is 2.11. The molecular weight excluding hydrogens is 232 g/mol. The van der Waals surface area contributed by atoms with Crippen molar-refractivity contribution in [2.24, 2.45) is 0 Å². The van der Waals surface area contributed by atoms with Gasteiger partial charge in [0.2, 0.25) is 0 Å². The lowest BCUT2D eigenvalue weighted by Crippen LogP contribution is -2.25. The predicted octanol–water partition coefficient (Wildman–Crippen LogP) is 1.56. The molecule has 1 aromatic rings. The van der Waals surface area contributed by atoms with Gasteiger partial charge in [-0.15, -0.1) is 0 Å². The van der Waals surface area contributed by atoms with Gasteiger partial charge in [0, 0.05) is 13.1 Å². The number of nitrogens with zero attached hydrogens (tertiary/aromatic N) is 1. The molecule has 0 radical (unpaired) electrons. The van der Waals surface area contributed by atoms with E-state index in [0.29, 0.717) is 22.0 Å². The quantitative estimate of drug-likeness (QED) is 0.647. The molecule has 16 heavy (non-hydrogen) atoms. The highest BCUT2D eigenvalue weighted by molar-refractivity contribution is 6.33. The van der Waals surface area contributed by atoms with Gasteiger partial charge in [-0.1, -0.05) is 11.6 Å².